The number of carbonyl (C=O) groups is 1. The van der Waals surface area contributed by atoms with Crippen molar-refractivity contribution in [2.24, 2.45) is 0 Å². The van der Waals surface area contributed by atoms with E-state index in [0.29, 0.717) is 11.8 Å². The first-order chi connectivity index (χ1) is 12.8. The molecule has 2 fully saturated rings. The van der Waals surface area contributed by atoms with E-state index in [1.54, 1.807) is 0 Å². The molecule has 2 saturated heterocycles. The fraction of sp³-hybridized carbons (Fsp3) is 0.435. The first kappa shape index (κ1) is 17.1. The maximum atomic E-state index is 13.2. The molecule has 0 aromatic heterocycles. The van der Waals surface area contributed by atoms with E-state index >= 15 is 0 Å². The lowest BCUT2D eigenvalue weighted by Gasteiger charge is -2.40. The topological polar surface area (TPSA) is 23.6 Å². The molecule has 0 saturated carbocycles. The van der Waals surface area contributed by atoms with Gasteiger partial charge in [-0.25, -0.2) is 4.79 Å². The van der Waals surface area contributed by atoms with Crippen molar-refractivity contribution in [1.29, 1.82) is 0 Å². The number of benzene rings is 2. The van der Waals surface area contributed by atoms with Gasteiger partial charge in [-0.3, -0.25) is 0 Å². The van der Waals surface area contributed by atoms with Crippen LogP contribution >= 0.6 is 0 Å². The quantitative estimate of drug-likeness (QED) is 0.760. The highest BCUT2D eigenvalue weighted by atomic mass is 16.2. The highest BCUT2D eigenvalue weighted by Gasteiger charge is 2.31. The predicted molar refractivity (Wildman–Crippen MR) is 105 cm³/mol. The fourth-order valence-corrected chi connectivity index (χ4v) is 4.50. The zero-order chi connectivity index (χ0) is 17.8. The highest BCUT2D eigenvalue weighted by Crippen LogP contribution is 2.30. The molecule has 26 heavy (non-hydrogen) atoms. The maximum absolute atomic E-state index is 13.2. The van der Waals surface area contributed by atoms with Crippen LogP contribution in [0.4, 0.5) is 4.79 Å². The number of amides is 2. The van der Waals surface area contributed by atoms with E-state index in [4.69, 9.17) is 0 Å². The van der Waals surface area contributed by atoms with Crippen molar-refractivity contribution in [1.82, 2.24) is 9.80 Å². The lowest BCUT2D eigenvalue weighted by atomic mass is 9.90. The Labute approximate surface area is 156 Å². The lowest BCUT2D eigenvalue weighted by molar-refractivity contribution is 0.126. The number of nitrogens with zero attached hydrogens (tertiary/aromatic N) is 2. The van der Waals surface area contributed by atoms with Gasteiger partial charge in [-0.05, 0) is 36.8 Å². The van der Waals surface area contributed by atoms with Gasteiger partial charge in [0.15, 0.2) is 0 Å². The van der Waals surface area contributed by atoms with E-state index < -0.39 is 0 Å². The first-order valence-corrected chi connectivity index (χ1v) is 9.95. The Kier molecular flexibility index (Phi) is 5.24. The molecule has 2 heterocycles. The minimum Gasteiger partial charge on any atom is -0.324 e. The SMILES string of the molecule is O=C(N1CCCC(c2ccccc2)C1)N1CCCC(c2ccccc2)C1. The summed E-state index contributed by atoms with van der Waals surface area (Å²) in [5.74, 6) is 0.951. The number of carbonyl (C=O) groups excluding carboxylic acids is 1. The summed E-state index contributed by atoms with van der Waals surface area (Å²) in [7, 11) is 0. The van der Waals surface area contributed by atoms with Gasteiger partial charge in [0, 0.05) is 38.0 Å². The van der Waals surface area contributed by atoms with Gasteiger partial charge in [0.1, 0.15) is 0 Å². The smallest absolute Gasteiger partial charge is 0.320 e. The van der Waals surface area contributed by atoms with E-state index in [1.165, 1.54) is 24.0 Å². The molecule has 0 bridgehead atoms. The van der Waals surface area contributed by atoms with Crippen LogP contribution in [0.25, 0.3) is 0 Å². The van der Waals surface area contributed by atoms with Gasteiger partial charge < -0.3 is 9.80 Å². The standard InChI is InChI=1S/C23H28N2O/c26-23(24-15-7-13-21(17-24)19-9-3-1-4-10-19)25-16-8-14-22(18-25)20-11-5-2-6-12-20/h1-6,9-12,21-22H,7-8,13-18H2. The van der Waals surface area contributed by atoms with Crippen LogP contribution in [0.15, 0.2) is 60.7 Å². The van der Waals surface area contributed by atoms with Crippen LogP contribution in [0.3, 0.4) is 0 Å². The van der Waals surface area contributed by atoms with Crippen LogP contribution < -0.4 is 0 Å². The third-order valence-corrected chi connectivity index (χ3v) is 5.93. The van der Waals surface area contributed by atoms with Crippen molar-refractivity contribution in [3.05, 3.63) is 71.8 Å². The van der Waals surface area contributed by atoms with Crippen molar-refractivity contribution < 1.29 is 4.79 Å². The first-order valence-electron chi connectivity index (χ1n) is 9.95. The predicted octanol–water partition coefficient (Wildman–Crippen LogP) is 4.87. The summed E-state index contributed by atoms with van der Waals surface area (Å²) in [4.78, 5) is 17.3. The minimum atomic E-state index is 0.242. The second-order valence-corrected chi connectivity index (χ2v) is 7.67. The van der Waals surface area contributed by atoms with Gasteiger partial charge in [0.25, 0.3) is 0 Å². The van der Waals surface area contributed by atoms with Crippen molar-refractivity contribution >= 4 is 6.03 Å². The zero-order valence-electron chi connectivity index (χ0n) is 15.4. The molecule has 2 amide bonds. The van der Waals surface area contributed by atoms with Gasteiger partial charge in [0.05, 0.1) is 0 Å². The summed E-state index contributed by atoms with van der Waals surface area (Å²) in [5.41, 5.74) is 2.73. The van der Waals surface area contributed by atoms with Gasteiger partial charge in [-0.2, -0.15) is 0 Å². The molecule has 2 aliphatic heterocycles. The van der Waals surface area contributed by atoms with Gasteiger partial charge in [-0.15, -0.1) is 0 Å². The maximum Gasteiger partial charge on any atom is 0.320 e. The Morgan fingerprint density at radius 3 is 1.54 bits per heavy atom. The molecule has 3 nitrogen and oxygen atoms in total. The lowest BCUT2D eigenvalue weighted by Crippen LogP contribution is -2.49. The zero-order valence-corrected chi connectivity index (χ0v) is 15.4. The van der Waals surface area contributed by atoms with E-state index in [2.05, 4.69) is 70.5 Å². The number of hydrogen-bond donors (Lipinski definition) is 0. The molecule has 0 spiro atoms. The van der Waals surface area contributed by atoms with Crippen LogP contribution in [0.2, 0.25) is 0 Å². The number of likely N-dealkylation sites (tertiary alicyclic amines) is 2. The summed E-state index contributed by atoms with van der Waals surface area (Å²) in [6.45, 7) is 3.51. The second-order valence-electron chi connectivity index (χ2n) is 7.67. The molecule has 0 aliphatic carbocycles. The molecular weight excluding hydrogens is 320 g/mol. The van der Waals surface area contributed by atoms with Crippen molar-refractivity contribution in [3.63, 3.8) is 0 Å². The molecule has 2 aromatic carbocycles. The molecule has 136 valence electrons. The Morgan fingerprint density at radius 1 is 0.692 bits per heavy atom. The second kappa shape index (κ2) is 7.94. The molecule has 0 radical (unpaired) electrons. The number of hydrogen-bond acceptors (Lipinski definition) is 1. The molecule has 2 unspecified atom stereocenters. The molecule has 3 heteroatoms. The summed E-state index contributed by atoms with van der Waals surface area (Å²) in [6.07, 6.45) is 4.56. The number of piperidine rings is 2. The van der Waals surface area contributed by atoms with E-state index in [9.17, 15) is 4.79 Å². The minimum absolute atomic E-state index is 0.242. The third kappa shape index (κ3) is 3.77. The van der Waals surface area contributed by atoms with Crippen molar-refractivity contribution in [2.45, 2.75) is 37.5 Å². The average Bonchev–Trinajstić information content (AvgIpc) is 2.75. The Bertz CT molecular complexity index is 654. The van der Waals surface area contributed by atoms with Crippen LogP contribution in [0, 0.1) is 0 Å². The third-order valence-electron chi connectivity index (χ3n) is 5.93. The van der Waals surface area contributed by atoms with Crippen LogP contribution in [0.5, 0.6) is 0 Å². The molecule has 2 aliphatic rings. The Balaban J connectivity index is 1.42. The van der Waals surface area contributed by atoms with E-state index in [0.717, 1.165) is 39.0 Å². The normalized spacial score (nSPS) is 23.7. The number of urea groups is 1. The summed E-state index contributed by atoms with van der Waals surface area (Å²) < 4.78 is 0. The van der Waals surface area contributed by atoms with Crippen LogP contribution in [-0.4, -0.2) is 42.0 Å². The Morgan fingerprint density at radius 2 is 1.12 bits per heavy atom. The van der Waals surface area contributed by atoms with Gasteiger partial charge >= 0.3 is 6.03 Å². The molecular formula is C23H28N2O. The highest BCUT2D eigenvalue weighted by molar-refractivity contribution is 5.75. The largest absolute Gasteiger partial charge is 0.324 e. The Hall–Kier alpha value is -2.29. The van der Waals surface area contributed by atoms with Gasteiger partial charge in [-0.1, -0.05) is 60.7 Å². The van der Waals surface area contributed by atoms with E-state index in [-0.39, 0.29) is 6.03 Å². The summed E-state index contributed by atoms with van der Waals surface area (Å²) >= 11 is 0. The molecule has 0 N–H and O–H groups in total. The number of rotatable bonds is 2. The summed E-state index contributed by atoms with van der Waals surface area (Å²) in [5, 5.41) is 0. The van der Waals surface area contributed by atoms with Crippen LogP contribution in [-0.2, 0) is 0 Å². The van der Waals surface area contributed by atoms with Crippen molar-refractivity contribution in [2.75, 3.05) is 26.2 Å². The average molecular weight is 348 g/mol. The molecule has 4 rings (SSSR count). The summed E-state index contributed by atoms with van der Waals surface area (Å²) in [6, 6.07) is 21.6. The fourth-order valence-electron chi connectivity index (χ4n) is 4.50. The van der Waals surface area contributed by atoms with Crippen LogP contribution in [0.1, 0.15) is 48.6 Å². The van der Waals surface area contributed by atoms with E-state index in [1.807, 2.05) is 0 Å². The van der Waals surface area contributed by atoms with Gasteiger partial charge in [0.2, 0.25) is 0 Å². The monoisotopic (exact) mass is 348 g/mol. The molecule has 2 atom stereocenters. The van der Waals surface area contributed by atoms with Crippen molar-refractivity contribution in [3.8, 4) is 0 Å². The molecule has 2 aromatic rings.